The zero-order valence-corrected chi connectivity index (χ0v) is 7.40. The molecule has 0 aromatic carbocycles. The maximum atomic E-state index is 11.0. The molecule has 0 aliphatic rings. The van der Waals surface area contributed by atoms with E-state index in [0.29, 0.717) is 0 Å². The van der Waals surface area contributed by atoms with Crippen molar-refractivity contribution in [3.8, 4) is 0 Å². The molecule has 0 aliphatic heterocycles. The first-order valence-corrected chi connectivity index (χ1v) is 3.46. The highest BCUT2D eigenvalue weighted by Gasteiger charge is 2.17. The highest BCUT2D eigenvalue weighted by atomic mass is 16.4. The van der Waals surface area contributed by atoms with Crippen molar-refractivity contribution >= 4 is 11.9 Å². The lowest BCUT2D eigenvalue weighted by Crippen LogP contribution is -2.47. The molecule has 0 rings (SSSR count). The van der Waals surface area contributed by atoms with Gasteiger partial charge < -0.3 is 21.2 Å². The second-order valence-corrected chi connectivity index (χ2v) is 2.37. The van der Waals surface area contributed by atoms with E-state index < -0.39 is 6.04 Å². The molecule has 1 unspecified atom stereocenters. The van der Waals surface area contributed by atoms with Gasteiger partial charge in [0.05, 0.1) is 6.04 Å². The second-order valence-electron chi connectivity index (χ2n) is 2.37. The molecule has 0 aromatic rings. The van der Waals surface area contributed by atoms with Crippen LogP contribution in [0.4, 0.5) is 4.79 Å². The van der Waals surface area contributed by atoms with Crippen LogP contribution in [0.1, 0.15) is 6.92 Å². The third-order valence-corrected chi connectivity index (χ3v) is 1.66. The molecule has 4 N–H and O–H groups in total. The standard InChI is InChI=1S/C6H14N4O2/c1-4(5(7)9-12)10(3)6(11)8-2/h4,12H,1-3H3,(H2,7,9)(H,8,11). The molecule has 0 saturated heterocycles. The molecular formula is C6H14N4O2. The Bertz CT molecular complexity index is 192. The molecule has 0 heterocycles. The summed E-state index contributed by atoms with van der Waals surface area (Å²) in [6, 6.07) is -0.705. The van der Waals surface area contributed by atoms with Gasteiger partial charge in [0.25, 0.3) is 0 Å². The van der Waals surface area contributed by atoms with E-state index in [1.54, 1.807) is 14.0 Å². The van der Waals surface area contributed by atoms with Crippen molar-refractivity contribution in [2.45, 2.75) is 13.0 Å². The lowest BCUT2D eigenvalue weighted by molar-refractivity contribution is 0.205. The van der Waals surface area contributed by atoms with Gasteiger partial charge >= 0.3 is 6.03 Å². The van der Waals surface area contributed by atoms with E-state index >= 15 is 0 Å². The number of urea groups is 1. The highest BCUT2D eigenvalue weighted by Crippen LogP contribution is 1.95. The Hall–Kier alpha value is -1.46. The summed E-state index contributed by atoms with van der Waals surface area (Å²) in [4.78, 5) is 12.3. The van der Waals surface area contributed by atoms with Crippen LogP contribution in [0.25, 0.3) is 0 Å². The Kier molecular flexibility index (Phi) is 3.89. The number of nitrogens with two attached hydrogens (primary N) is 1. The topological polar surface area (TPSA) is 91.0 Å². The number of amides is 2. The Morgan fingerprint density at radius 3 is 2.58 bits per heavy atom. The fourth-order valence-electron chi connectivity index (χ4n) is 0.634. The summed E-state index contributed by atoms with van der Waals surface area (Å²) < 4.78 is 0. The van der Waals surface area contributed by atoms with Gasteiger partial charge in [0, 0.05) is 14.1 Å². The molecule has 0 radical (unpaired) electrons. The molecule has 0 saturated carbocycles. The smallest absolute Gasteiger partial charge is 0.317 e. The normalized spacial score (nSPS) is 13.8. The van der Waals surface area contributed by atoms with Gasteiger partial charge in [-0.15, -0.1) is 0 Å². The number of carbonyl (C=O) groups is 1. The average Bonchev–Trinajstić information content (AvgIpc) is 2.12. The number of oxime groups is 1. The van der Waals surface area contributed by atoms with Crippen molar-refractivity contribution in [2.75, 3.05) is 14.1 Å². The van der Waals surface area contributed by atoms with E-state index in [9.17, 15) is 4.79 Å². The molecule has 6 nitrogen and oxygen atoms in total. The lowest BCUT2D eigenvalue weighted by Gasteiger charge is -2.22. The molecule has 0 bridgehead atoms. The molecule has 2 amide bonds. The minimum atomic E-state index is -0.421. The predicted octanol–water partition coefficient (Wildman–Crippen LogP) is -0.607. The largest absolute Gasteiger partial charge is 0.409 e. The Morgan fingerprint density at radius 1 is 1.75 bits per heavy atom. The molecule has 1 atom stereocenters. The number of carbonyl (C=O) groups excluding carboxylic acids is 1. The van der Waals surface area contributed by atoms with Crippen molar-refractivity contribution in [3.05, 3.63) is 0 Å². The van der Waals surface area contributed by atoms with Crippen molar-refractivity contribution in [1.82, 2.24) is 10.2 Å². The lowest BCUT2D eigenvalue weighted by atomic mass is 10.3. The van der Waals surface area contributed by atoms with Gasteiger partial charge in [0.2, 0.25) is 0 Å². The van der Waals surface area contributed by atoms with E-state index in [2.05, 4.69) is 10.5 Å². The zero-order chi connectivity index (χ0) is 9.72. The quantitative estimate of drug-likeness (QED) is 0.226. The highest BCUT2D eigenvalue weighted by molar-refractivity contribution is 5.88. The summed E-state index contributed by atoms with van der Waals surface area (Å²) in [6.07, 6.45) is 0. The first-order chi connectivity index (χ1) is 5.54. The van der Waals surface area contributed by atoms with Gasteiger partial charge in [-0.1, -0.05) is 5.16 Å². The summed E-state index contributed by atoms with van der Waals surface area (Å²) in [5.74, 6) is 0.00102. The maximum absolute atomic E-state index is 11.0. The number of hydrogen-bond donors (Lipinski definition) is 3. The van der Waals surface area contributed by atoms with Crippen LogP contribution in [0.3, 0.4) is 0 Å². The molecule has 0 fully saturated rings. The van der Waals surface area contributed by atoms with Crippen LogP contribution < -0.4 is 11.1 Å². The summed E-state index contributed by atoms with van der Waals surface area (Å²) in [6.45, 7) is 1.66. The molecule has 0 spiro atoms. The number of amidine groups is 1. The number of rotatable bonds is 2. The Morgan fingerprint density at radius 2 is 2.25 bits per heavy atom. The van der Waals surface area contributed by atoms with Gasteiger partial charge in [-0.2, -0.15) is 0 Å². The van der Waals surface area contributed by atoms with E-state index in [1.807, 2.05) is 0 Å². The molecular weight excluding hydrogens is 160 g/mol. The van der Waals surface area contributed by atoms with E-state index in [0.717, 1.165) is 0 Å². The monoisotopic (exact) mass is 174 g/mol. The molecule has 0 aromatic heterocycles. The summed E-state index contributed by atoms with van der Waals surface area (Å²) in [5, 5.41) is 13.5. The van der Waals surface area contributed by atoms with Crippen LogP contribution in [-0.2, 0) is 0 Å². The van der Waals surface area contributed by atoms with Gasteiger partial charge in [-0.05, 0) is 6.92 Å². The molecule has 6 heteroatoms. The fourth-order valence-corrected chi connectivity index (χ4v) is 0.634. The third-order valence-electron chi connectivity index (χ3n) is 1.66. The van der Waals surface area contributed by atoms with Gasteiger partial charge in [-0.3, -0.25) is 0 Å². The Labute approximate surface area is 71.0 Å². The van der Waals surface area contributed by atoms with Crippen LogP contribution in [0, 0.1) is 0 Å². The minimum Gasteiger partial charge on any atom is -0.409 e. The molecule has 12 heavy (non-hydrogen) atoms. The summed E-state index contributed by atoms with van der Waals surface area (Å²) in [7, 11) is 3.07. The zero-order valence-electron chi connectivity index (χ0n) is 7.40. The number of nitrogens with one attached hydrogen (secondary N) is 1. The number of likely N-dealkylation sites (N-methyl/N-ethyl adjacent to an activating group) is 1. The predicted molar refractivity (Wildman–Crippen MR) is 45.1 cm³/mol. The van der Waals surface area contributed by atoms with Crippen LogP contribution in [0.15, 0.2) is 5.16 Å². The van der Waals surface area contributed by atoms with Crippen molar-refractivity contribution < 1.29 is 10.0 Å². The minimum absolute atomic E-state index is 0.00102. The van der Waals surface area contributed by atoms with Gasteiger partial charge in [-0.25, -0.2) is 4.79 Å². The number of hydrogen-bond acceptors (Lipinski definition) is 3. The second kappa shape index (κ2) is 4.42. The first kappa shape index (κ1) is 10.5. The SMILES string of the molecule is CNC(=O)N(C)C(C)C(N)=NO. The summed E-state index contributed by atoms with van der Waals surface area (Å²) >= 11 is 0. The molecule has 70 valence electrons. The average molecular weight is 174 g/mol. The summed E-state index contributed by atoms with van der Waals surface area (Å²) in [5.41, 5.74) is 5.29. The Balaban J connectivity index is 4.28. The van der Waals surface area contributed by atoms with Crippen molar-refractivity contribution in [1.29, 1.82) is 0 Å². The van der Waals surface area contributed by atoms with Crippen LogP contribution >= 0.6 is 0 Å². The fraction of sp³-hybridized carbons (Fsp3) is 0.667. The first-order valence-electron chi connectivity index (χ1n) is 3.46. The maximum Gasteiger partial charge on any atom is 0.317 e. The van der Waals surface area contributed by atoms with Gasteiger partial charge in [0.1, 0.15) is 0 Å². The number of nitrogens with zero attached hydrogens (tertiary/aromatic N) is 2. The van der Waals surface area contributed by atoms with E-state index in [4.69, 9.17) is 10.9 Å². The van der Waals surface area contributed by atoms with Crippen molar-refractivity contribution in [2.24, 2.45) is 10.9 Å². The van der Waals surface area contributed by atoms with Crippen LogP contribution in [0.5, 0.6) is 0 Å². The molecule has 0 aliphatic carbocycles. The van der Waals surface area contributed by atoms with Crippen LogP contribution in [-0.4, -0.2) is 42.1 Å². The van der Waals surface area contributed by atoms with E-state index in [1.165, 1.54) is 11.9 Å². The third kappa shape index (κ3) is 2.30. The van der Waals surface area contributed by atoms with Crippen molar-refractivity contribution in [3.63, 3.8) is 0 Å². The van der Waals surface area contributed by atoms with Gasteiger partial charge in [0.15, 0.2) is 5.84 Å². The van der Waals surface area contributed by atoms with E-state index in [-0.39, 0.29) is 11.9 Å². The van der Waals surface area contributed by atoms with Crippen LogP contribution in [0.2, 0.25) is 0 Å².